The molecule has 0 radical (unpaired) electrons. The fraction of sp³-hybridized carbons (Fsp3) is 0.244. The predicted molar refractivity (Wildman–Crippen MR) is 194 cm³/mol. The summed E-state index contributed by atoms with van der Waals surface area (Å²) in [5.41, 5.74) is 2.40. The van der Waals surface area contributed by atoms with Gasteiger partial charge in [0.25, 0.3) is 11.8 Å². The summed E-state index contributed by atoms with van der Waals surface area (Å²) in [6.45, 7) is -0.141. The number of carbonyl (C=O) groups is 5. The molecule has 4 aromatic carbocycles. The largest absolute Gasteiger partial charge is 0.491 e. The molecule has 2 aliphatic heterocycles. The minimum Gasteiger partial charge on any atom is -0.491 e. The zero-order valence-electron chi connectivity index (χ0n) is 28.0. The normalized spacial score (nSPS) is 27.7. The standard InChI is InChI=1S/C41H31Cl2FN2O7/c42-40-22-32-30(18-19-31-33(32)37(50)45(36(31)49)27-12-6-25(7-13-27)35(48)24-4-2-1-3-5-24)34(23-8-16-29(17-9-23)53-21-20-47)41(40,43)39(52)46(38(40)51)28-14-10-26(44)11-15-28/h1-18,31-34,47H,19-22H2. The summed E-state index contributed by atoms with van der Waals surface area (Å²) >= 11 is 14.9. The molecule has 4 amide bonds. The molecule has 2 aliphatic carbocycles. The van der Waals surface area contributed by atoms with Crippen molar-refractivity contribution in [3.63, 3.8) is 0 Å². The van der Waals surface area contributed by atoms with E-state index in [1.54, 1.807) is 72.8 Å². The lowest BCUT2D eigenvalue weighted by Gasteiger charge is -2.50. The van der Waals surface area contributed by atoms with E-state index in [1.807, 2.05) is 12.1 Å². The number of aliphatic hydroxyl groups is 1. The highest BCUT2D eigenvalue weighted by Crippen LogP contribution is 2.66. The second kappa shape index (κ2) is 13.1. The number of alkyl halides is 2. The molecule has 53 heavy (non-hydrogen) atoms. The van der Waals surface area contributed by atoms with Gasteiger partial charge in [0.1, 0.15) is 18.2 Å². The van der Waals surface area contributed by atoms with Crippen LogP contribution in [0.5, 0.6) is 5.75 Å². The molecule has 1 saturated carbocycles. The molecular weight excluding hydrogens is 722 g/mol. The maximum Gasteiger partial charge on any atom is 0.258 e. The first kappa shape index (κ1) is 34.9. The molecule has 2 heterocycles. The average Bonchev–Trinajstić information content (AvgIpc) is 3.52. The summed E-state index contributed by atoms with van der Waals surface area (Å²) in [6.07, 6.45) is 1.78. The molecule has 3 fully saturated rings. The van der Waals surface area contributed by atoms with Crippen LogP contribution < -0.4 is 14.5 Å². The van der Waals surface area contributed by atoms with Gasteiger partial charge in [-0.15, -0.1) is 23.2 Å². The molecule has 6 atom stereocenters. The van der Waals surface area contributed by atoms with Crippen LogP contribution >= 0.6 is 23.2 Å². The first-order valence-electron chi connectivity index (χ1n) is 17.1. The van der Waals surface area contributed by atoms with Gasteiger partial charge in [-0.05, 0) is 85.0 Å². The van der Waals surface area contributed by atoms with Crippen LogP contribution in [0.15, 0.2) is 115 Å². The zero-order chi connectivity index (χ0) is 37.2. The summed E-state index contributed by atoms with van der Waals surface area (Å²) in [7, 11) is 0. The smallest absolute Gasteiger partial charge is 0.258 e. The molecule has 2 saturated heterocycles. The Bertz CT molecular complexity index is 2200. The number of nitrogens with zero attached hydrogens (tertiary/aromatic N) is 2. The van der Waals surface area contributed by atoms with Crippen LogP contribution in [0.4, 0.5) is 15.8 Å². The van der Waals surface area contributed by atoms with Crippen LogP contribution in [-0.2, 0) is 19.2 Å². The number of allylic oxidation sites excluding steroid dienone is 2. The molecule has 9 nitrogen and oxygen atoms in total. The second-order valence-corrected chi connectivity index (χ2v) is 14.9. The second-order valence-electron chi connectivity index (χ2n) is 13.6. The number of hydrogen-bond acceptors (Lipinski definition) is 7. The van der Waals surface area contributed by atoms with Crippen molar-refractivity contribution >= 4 is 64.0 Å². The van der Waals surface area contributed by atoms with Crippen LogP contribution in [0.2, 0.25) is 0 Å². The van der Waals surface area contributed by atoms with Gasteiger partial charge in [0, 0.05) is 17.0 Å². The average molecular weight is 754 g/mol. The lowest BCUT2D eigenvalue weighted by molar-refractivity contribution is -0.125. The highest BCUT2D eigenvalue weighted by atomic mass is 35.5. The quantitative estimate of drug-likeness (QED) is 0.0986. The molecule has 0 spiro atoms. The summed E-state index contributed by atoms with van der Waals surface area (Å²) in [6, 6.07) is 26.5. The van der Waals surface area contributed by atoms with Crippen LogP contribution in [0.25, 0.3) is 0 Å². The van der Waals surface area contributed by atoms with Crippen molar-refractivity contribution in [3.05, 3.63) is 137 Å². The number of halogens is 3. The number of fused-ring (bicyclic) bond motifs is 4. The number of hydrogen-bond donors (Lipinski definition) is 1. The number of imide groups is 2. The van der Waals surface area contributed by atoms with E-state index in [-0.39, 0.29) is 37.5 Å². The Morgan fingerprint density at radius 2 is 1.40 bits per heavy atom. The van der Waals surface area contributed by atoms with Crippen molar-refractivity contribution < 1.29 is 38.2 Å². The van der Waals surface area contributed by atoms with E-state index >= 15 is 0 Å². The Labute approximate surface area is 313 Å². The number of carbonyl (C=O) groups excluding carboxylic acids is 5. The zero-order valence-corrected chi connectivity index (χ0v) is 29.5. The first-order chi connectivity index (χ1) is 25.5. The van der Waals surface area contributed by atoms with Crippen molar-refractivity contribution in [1.82, 2.24) is 0 Å². The fourth-order valence-corrected chi connectivity index (χ4v) is 9.40. The summed E-state index contributed by atoms with van der Waals surface area (Å²) in [5, 5.41) is 9.22. The SMILES string of the molecule is O=C(c1ccccc1)c1ccc(N2C(=O)C3CC=C4C(CC5(Cl)C(=O)N(c6ccc(F)cc6)C(=O)C5(Cl)C4c4ccc(OCCO)cc4)C3C2=O)cc1. The number of ether oxygens (including phenoxy) is 1. The third-order valence-corrected chi connectivity index (χ3v) is 12.3. The van der Waals surface area contributed by atoms with Crippen LogP contribution in [0.1, 0.15) is 40.2 Å². The molecule has 6 unspecified atom stereocenters. The minimum atomic E-state index is -2.07. The summed E-state index contributed by atoms with van der Waals surface area (Å²) in [5.74, 6) is -6.34. The van der Waals surface area contributed by atoms with Gasteiger partial charge in [-0.1, -0.05) is 54.1 Å². The molecule has 4 aliphatic rings. The van der Waals surface area contributed by atoms with Crippen LogP contribution in [-0.4, -0.2) is 57.5 Å². The Morgan fingerprint density at radius 3 is 2.06 bits per heavy atom. The Morgan fingerprint density at radius 1 is 0.774 bits per heavy atom. The molecule has 8 rings (SSSR count). The number of benzene rings is 4. The van der Waals surface area contributed by atoms with E-state index < -0.39 is 62.9 Å². The van der Waals surface area contributed by atoms with E-state index in [1.165, 1.54) is 12.1 Å². The Kier molecular flexibility index (Phi) is 8.59. The molecular formula is C41H31Cl2FN2O7. The van der Waals surface area contributed by atoms with Crippen molar-refractivity contribution in [3.8, 4) is 5.75 Å². The van der Waals surface area contributed by atoms with Gasteiger partial charge in [0.05, 0.1) is 29.8 Å². The van der Waals surface area contributed by atoms with E-state index in [9.17, 15) is 33.5 Å². The van der Waals surface area contributed by atoms with Gasteiger partial charge in [-0.25, -0.2) is 9.29 Å². The first-order valence-corrected chi connectivity index (χ1v) is 17.9. The van der Waals surface area contributed by atoms with Crippen molar-refractivity contribution in [1.29, 1.82) is 0 Å². The predicted octanol–water partition coefficient (Wildman–Crippen LogP) is 6.20. The number of aliphatic hydroxyl groups excluding tert-OH is 1. The van der Waals surface area contributed by atoms with E-state index in [0.29, 0.717) is 33.7 Å². The highest BCUT2D eigenvalue weighted by Gasteiger charge is 2.76. The van der Waals surface area contributed by atoms with E-state index in [0.717, 1.165) is 21.9 Å². The maximum absolute atomic E-state index is 14.5. The van der Waals surface area contributed by atoms with E-state index in [4.69, 9.17) is 27.9 Å². The minimum absolute atomic E-state index is 0.0572. The topological polar surface area (TPSA) is 121 Å². The maximum atomic E-state index is 14.5. The van der Waals surface area contributed by atoms with Crippen LogP contribution in [0.3, 0.4) is 0 Å². The van der Waals surface area contributed by atoms with Gasteiger partial charge in [0.2, 0.25) is 11.8 Å². The molecule has 268 valence electrons. The van der Waals surface area contributed by atoms with E-state index in [2.05, 4.69) is 0 Å². The molecule has 1 N–H and O–H groups in total. The fourth-order valence-electron chi connectivity index (χ4n) is 8.47. The number of anilines is 2. The number of amides is 4. The van der Waals surface area contributed by atoms with Gasteiger partial charge in [0.15, 0.2) is 15.5 Å². The summed E-state index contributed by atoms with van der Waals surface area (Å²) < 4.78 is 19.5. The lowest BCUT2D eigenvalue weighted by Crippen LogP contribution is -2.60. The number of ketones is 1. The van der Waals surface area contributed by atoms with Crippen molar-refractivity contribution in [2.45, 2.75) is 28.5 Å². The molecule has 4 aromatic rings. The van der Waals surface area contributed by atoms with Gasteiger partial charge >= 0.3 is 0 Å². The molecule has 12 heteroatoms. The van der Waals surface area contributed by atoms with Crippen molar-refractivity contribution in [2.75, 3.05) is 23.0 Å². The van der Waals surface area contributed by atoms with Gasteiger partial charge in [-0.3, -0.25) is 28.9 Å². The highest BCUT2D eigenvalue weighted by molar-refractivity contribution is 6.58. The monoisotopic (exact) mass is 752 g/mol. The Balaban J connectivity index is 1.19. The van der Waals surface area contributed by atoms with Gasteiger partial charge in [-0.2, -0.15) is 0 Å². The van der Waals surface area contributed by atoms with Gasteiger partial charge < -0.3 is 9.84 Å². The third-order valence-electron chi connectivity index (χ3n) is 10.9. The summed E-state index contributed by atoms with van der Waals surface area (Å²) in [4.78, 5) is 68.4. The molecule has 0 bridgehead atoms. The lowest BCUT2D eigenvalue weighted by atomic mass is 9.56. The third kappa shape index (κ3) is 5.26. The van der Waals surface area contributed by atoms with Crippen LogP contribution in [0, 0.1) is 23.6 Å². The molecule has 0 aromatic heterocycles. The van der Waals surface area contributed by atoms with Crippen molar-refractivity contribution in [2.24, 2.45) is 17.8 Å². The number of rotatable bonds is 8. The Hall–Kier alpha value is -5.16.